The number of amides is 2. The maximum atomic E-state index is 12.9. The smallest absolute Gasteiger partial charge is 0.353 e. The van der Waals surface area contributed by atoms with Gasteiger partial charge in [-0.2, -0.15) is 13.2 Å². The molecule has 4 nitrogen and oxygen atoms in total. The highest BCUT2D eigenvalue weighted by Gasteiger charge is 2.47. The standard InChI is InChI=1S/C17H22ClF3N2O2/c1-10(2)13(15(25)22-9-16(3,4)17(19,20)21)23-14(24)11-7-5-6-8-12(11)18/h5-8,10,13H,9H2,1-4H3,(H,22,25)(H,23,24). The Hall–Kier alpha value is -1.76. The second-order valence-corrected chi connectivity index (χ2v) is 7.18. The van der Waals surface area contributed by atoms with E-state index in [4.69, 9.17) is 11.6 Å². The van der Waals surface area contributed by atoms with E-state index in [-0.39, 0.29) is 16.5 Å². The van der Waals surface area contributed by atoms with Gasteiger partial charge in [-0.05, 0) is 31.9 Å². The van der Waals surface area contributed by atoms with E-state index in [0.29, 0.717) is 0 Å². The molecule has 0 aliphatic carbocycles. The predicted octanol–water partition coefficient (Wildman–Crippen LogP) is 3.80. The molecule has 0 saturated carbocycles. The zero-order valence-corrected chi connectivity index (χ0v) is 15.3. The van der Waals surface area contributed by atoms with E-state index in [1.165, 1.54) is 12.1 Å². The van der Waals surface area contributed by atoms with Crippen molar-refractivity contribution in [2.75, 3.05) is 6.54 Å². The average Bonchev–Trinajstić information content (AvgIpc) is 2.49. The molecule has 1 aromatic carbocycles. The minimum atomic E-state index is -4.45. The van der Waals surface area contributed by atoms with E-state index in [2.05, 4.69) is 10.6 Å². The lowest BCUT2D eigenvalue weighted by molar-refractivity contribution is -0.209. The lowest BCUT2D eigenvalue weighted by Crippen LogP contribution is -2.52. The van der Waals surface area contributed by atoms with E-state index in [9.17, 15) is 22.8 Å². The quantitative estimate of drug-likeness (QED) is 0.791. The summed E-state index contributed by atoms with van der Waals surface area (Å²) in [6.45, 7) is 4.79. The van der Waals surface area contributed by atoms with Crippen molar-refractivity contribution in [3.63, 3.8) is 0 Å². The molecule has 8 heteroatoms. The van der Waals surface area contributed by atoms with Crippen molar-refractivity contribution >= 4 is 23.4 Å². The first-order valence-electron chi connectivity index (χ1n) is 7.76. The fraction of sp³-hybridized carbons (Fsp3) is 0.529. The van der Waals surface area contributed by atoms with E-state index < -0.39 is 36.0 Å². The number of benzene rings is 1. The van der Waals surface area contributed by atoms with Crippen LogP contribution in [0.1, 0.15) is 38.1 Å². The average molecular weight is 379 g/mol. The molecule has 0 aliphatic rings. The second kappa shape index (κ2) is 8.08. The molecule has 0 bridgehead atoms. The Kier molecular flexibility index (Phi) is 6.88. The molecule has 0 heterocycles. The molecule has 0 fully saturated rings. The molecule has 1 aromatic rings. The van der Waals surface area contributed by atoms with Crippen LogP contribution in [0.2, 0.25) is 5.02 Å². The van der Waals surface area contributed by atoms with Crippen LogP contribution >= 0.6 is 11.6 Å². The van der Waals surface area contributed by atoms with E-state index in [0.717, 1.165) is 13.8 Å². The van der Waals surface area contributed by atoms with E-state index in [1.54, 1.807) is 26.0 Å². The molecule has 2 N–H and O–H groups in total. The van der Waals surface area contributed by atoms with Crippen LogP contribution in [0, 0.1) is 11.3 Å². The van der Waals surface area contributed by atoms with Gasteiger partial charge in [0.1, 0.15) is 6.04 Å². The number of hydrogen-bond donors (Lipinski definition) is 2. The number of hydrogen-bond acceptors (Lipinski definition) is 2. The normalized spacial score (nSPS) is 13.5. The Bertz CT molecular complexity index is 631. The lowest BCUT2D eigenvalue weighted by atomic mass is 9.92. The fourth-order valence-electron chi connectivity index (χ4n) is 1.92. The Balaban J connectivity index is 2.82. The molecule has 25 heavy (non-hydrogen) atoms. The minimum Gasteiger partial charge on any atom is -0.353 e. The molecule has 0 aliphatic heterocycles. The number of nitrogens with one attached hydrogen (secondary N) is 2. The van der Waals surface area contributed by atoms with Gasteiger partial charge in [-0.15, -0.1) is 0 Å². The summed E-state index contributed by atoms with van der Waals surface area (Å²) in [5.74, 6) is -1.55. The zero-order valence-electron chi connectivity index (χ0n) is 14.5. The second-order valence-electron chi connectivity index (χ2n) is 6.77. The molecule has 2 amide bonds. The SMILES string of the molecule is CC(C)C(NC(=O)c1ccccc1Cl)C(=O)NCC(C)(C)C(F)(F)F. The molecule has 1 atom stereocenters. The molecule has 1 rings (SSSR count). The Morgan fingerprint density at radius 3 is 2.20 bits per heavy atom. The molecule has 0 radical (unpaired) electrons. The maximum absolute atomic E-state index is 12.9. The van der Waals surface area contributed by atoms with Crippen molar-refractivity contribution in [3.8, 4) is 0 Å². The molecular formula is C17H22ClF3N2O2. The van der Waals surface area contributed by atoms with Gasteiger partial charge in [0.15, 0.2) is 0 Å². The third-order valence-electron chi connectivity index (χ3n) is 3.83. The number of carbonyl (C=O) groups is 2. The topological polar surface area (TPSA) is 58.2 Å². The van der Waals surface area contributed by atoms with Crippen LogP contribution in [0.5, 0.6) is 0 Å². The number of rotatable bonds is 6. The Morgan fingerprint density at radius 2 is 1.72 bits per heavy atom. The summed E-state index contributed by atoms with van der Waals surface area (Å²) in [5.41, 5.74) is -1.88. The van der Waals surface area contributed by atoms with Crippen molar-refractivity contribution in [3.05, 3.63) is 34.9 Å². The van der Waals surface area contributed by atoms with Gasteiger partial charge in [0.2, 0.25) is 5.91 Å². The van der Waals surface area contributed by atoms with Crippen LogP contribution in [0.3, 0.4) is 0 Å². The van der Waals surface area contributed by atoms with Gasteiger partial charge in [-0.3, -0.25) is 9.59 Å². The van der Waals surface area contributed by atoms with Crippen LogP contribution in [0.4, 0.5) is 13.2 Å². The van der Waals surface area contributed by atoms with Crippen molar-refractivity contribution in [1.29, 1.82) is 0 Å². The van der Waals surface area contributed by atoms with E-state index >= 15 is 0 Å². The monoisotopic (exact) mass is 378 g/mol. The summed E-state index contributed by atoms with van der Waals surface area (Å²) in [7, 11) is 0. The highest BCUT2D eigenvalue weighted by molar-refractivity contribution is 6.33. The largest absolute Gasteiger partial charge is 0.395 e. The summed E-state index contributed by atoms with van der Waals surface area (Å²) in [6, 6.07) is 5.34. The first kappa shape index (κ1) is 21.3. The van der Waals surface area contributed by atoms with Gasteiger partial charge >= 0.3 is 6.18 Å². The van der Waals surface area contributed by atoms with Crippen molar-refractivity contribution in [1.82, 2.24) is 10.6 Å². The van der Waals surface area contributed by atoms with Crippen LogP contribution in [0.25, 0.3) is 0 Å². The van der Waals surface area contributed by atoms with E-state index in [1.807, 2.05) is 0 Å². The van der Waals surface area contributed by atoms with Crippen LogP contribution < -0.4 is 10.6 Å². The van der Waals surface area contributed by atoms with Gasteiger partial charge in [-0.25, -0.2) is 0 Å². The first-order chi connectivity index (χ1) is 11.4. The summed E-state index contributed by atoms with van der Waals surface area (Å²) in [4.78, 5) is 24.6. The number of carbonyl (C=O) groups excluding carboxylic acids is 2. The van der Waals surface area contributed by atoms with Gasteiger partial charge in [0.05, 0.1) is 16.0 Å². The highest BCUT2D eigenvalue weighted by atomic mass is 35.5. The lowest BCUT2D eigenvalue weighted by Gasteiger charge is -2.29. The molecule has 140 valence electrons. The molecule has 0 saturated heterocycles. The minimum absolute atomic E-state index is 0.193. The molecule has 1 unspecified atom stereocenters. The zero-order chi connectivity index (χ0) is 19.4. The van der Waals surface area contributed by atoms with Crippen molar-refractivity contribution in [2.24, 2.45) is 11.3 Å². The van der Waals surface area contributed by atoms with Gasteiger partial charge in [0.25, 0.3) is 5.91 Å². The number of halogens is 4. The Morgan fingerprint density at radius 1 is 1.16 bits per heavy atom. The maximum Gasteiger partial charge on any atom is 0.395 e. The summed E-state index contributed by atoms with van der Waals surface area (Å²) in [6.07, 6.45) is -4.45. The molecule has 0 spiro atoms. The third kappa shape index (κ3) is 5.63. The summed E-state index contributed by atoms with van der Waals surface area (Å²) in [5, 5.41) is 5.03. The van der Waals surface area contributed by atoms with Gasteiger partial charge in [0, 0.05) is 6.54 Å². The molecule has 0 aromatic heterocycles. The number of alkyl halides is 3. The predicted molar refractivity (Wildman–Crippen MR) is 90.4 cm³/mol. The highest BCUT2D eigenvalue weighted by Crippen LogP contribution is 2.36. The summed E-state index contributed by atoms with van der Waals surface area (Å²) < 4.78 is 38.7. The van der Waals surface area contributed by atoms with Crippen molar-refractivity contribution < 1.29 is 22.8 Å². The fourth-order valence-corrected chi connectivity index (χ4v) is 2.14. The third-order valence-corrected chi connectivity index (χ3v) is 4.16. The summed E-state index contributed by atoms with van der Waals surface area (Å²) >= 11 is 5.95. The van der Waals surface area contributed by atoms with Gasteiger partial charge in [-0.1, -0.05) is 37.6 Å². The van der Waals surface area contributed by atoms with Crippen LogP contribution in [-0.4, -0.2) is 30.6 Å². The molecular weight excluding hydrogens is 357 g/mol. The van der Waals surface area contributed by atoms with Crippen LogP contribution in [-0.2, 0) is 4.79 Å². The van der Waals surface area contributed by atoms with Gasteiger partial charge < -0.3 is 10.6 Å². The van der Waals surface area contributed by atoms with Crippen molar-refractivity contribution in [2.45, 2.75) is 39.9 Å². The van der Waals surface area contributed by atoms with Crippen LogP contribution in [0.15, 0.2) is 24.3 Å². The Labute approximate surface area is 150 Å². The first-order valence-corrected chi connectivity index (χ1v) is 8.14.